The van der Waals surface area contributed by atoms with Gasteiger partial charge in [-0.15, -0.1) is 0 Å². The highest BCUT2D eigenvalue weighted by molar-refractivity contribution is 7.92. The molecule has 35 heavy (non-hydrogen) atoms. The van der Waals surface area contributed by atoms with Gasteiger partial charge in [-0.25, -0.2) is 12.8 Å². The van der Waals surface area contributed by atoms with Crippen molar-refractivity contribution in [2.45, 2.75) is 13.1 Å². The number of sulfonamides is 1. The molecule has 0 saturated carbocycles. The molecule has 0 aromatic heterocycles. The Kier molecular flexibility index (Phi) is 7.67. The van der Waals surface area contributed by atoms with E-state index >= 15 is 0 Å². The van der Waals surface area contributed by atoms with Gasteiger partial charge in [-0.05, 0) is 47.5 Å². The second kappa shape index (κ2) is 10.9. The van der Waals surface area contributed by atoms with Gasteiger partial charge in [-0.1, -0.05) is 36.4 Å². The van der Waals surface area contributed by atoms with E-state index in [0.717, 1.165) is 48.1 Å². The molecular weight excluding hydrogens is 469 g/mol. The van der Waals surface area contributed by atoms with E-state index in [0.29, 0.717) is 17.7 Å². The smallest absolute Gasteiger partial charge is 0.251 e. The molecule has 3 aromatic carbocycles. The standard InChI is InChI=1S/C26H28FN3O4S/c1-35(32,33)30(25-5-3-2-4-24(25)27)19-21-6-10-22(11-7-21)26(31)28-18-20-8-12-23(13-9-20)29-14-16-34-17-15-29/h2-13H,14-19H2,1H3,(H,28,31). The second-order valence-electron chi connectivity index (χ2n) is 8.37. The molecular formula is C26H28FN3O4S. The molecule has 4 rings (SSSR count). The van der Waals surface area contributed by atoms with E-state index < -0.39 is 15.8 Å². The summed E-state index contributed by atoms with van der Waals surface area (Å²) in [5.74, 6) is -0.852. The van der Waals surface area contributed by atoms with E-state index in [1.54, 1.807) is 30.3 Å². The maximum Gasteiger partial charge on any atom is 0.251 e. The molecule has 0 radical (unpaired) electrons. The molecule has 1 aliphatic heterocycles. The first-order chi connectivity index (χ1) is 16.8. The van der Waals surface area contributed by atoms with E-state index in [1.165, 1.54) is 18.2 Å². The quantitative estimate of drug-likeness (QED) is 0.515. The average molecular weight is 498 g/mol. The maximum atomic E-state index is 14.2. The maximum absolute atomic E-state index is 14.2. The van der Waals surface area contributed by atoms with Crippen LogP contribution >= 0.6 is 0 Å². The SMILES string of the molecule is CS(=O)(=O)N(Cc1ccc(C(=O)NCc2ccc(N3CCOCC3)cc2)cc1)c1ccccc1F. The van der Waals surface area contributed by atoms with Gasteiger partial charge in [0.05, 0.1) is 31.7 Å². The molecule has 1 aliphatic rings. The highest BCUT2D eigenvalue weighted by atomic mass is 32.2. The number of hydrogen-bond acceptors (Lipinski definition) is 5. The number of nitrogens with zero attached hydrogens (tertiary/aromatic N) is 2. The third kappa shape index (κ3) is 6.37. The Morgan fingerprint density at radius 2 is 1.60 bits per heavy atom. The molecule has 0 atom stereocenters. The molecule has 7 nitrogen and oxygen atoms in total. The zero-order valence-corrected chi connectivity index (χ0v) is 20.3. The number of carbonyl (C=O) groups is 1. The number of amides is 1. The van der Waals surface area contributed by atoms with Crippen molar-refractivity contribution in [1.29, 1.82) is 0 Å². The molecule has 184 valence electrons. The van der Waals surface area contributed by atoms with Gasteiger partial charge in [0.25, 0.3) is 5.91 Å². The molecule has 1 fully saturated rings. The van der Waals surface area contributed by atoms with Crippen LogP contribution in [-0.2, 0) is 27.8 Å². The van der Waals surface area contributed by atoms with Crippen LogP contribution in [0.3, 0.4) is 0 Å². The number of morpholine rings is 1. The summed E-state index contributed by atoms with van der Waals surface area (Å²) in [7, 11) is -3.71. The number of ether oxygens (including phenoxy) is 1. The van der Waals surface area contributed by atoms with Crippen LogP contribution in [0, 0.1) is 5.82 Å². The van der Waals surface area contributed by atoms with Crippen molar-refractivity contribution in [3.63, 3.8) is 0 Å². The minimum Gasteiger partial charge on any atom is -0.378 e. The zero-order valence-electron chi connectivity index (χ0n) is 19.5. The van der Waals surface area contributed by atoms with Crippen molar-refractivity contribution in [2.75, 3.05) is 41.8 Å². The van der Waals surface area contributed by atoms with E-state index in [-0.39, 0.29) is 18.1 Å². The van der Waals surface area contributed by atoms with Gasteiger partial charge in [0, 0.05) is 30.9 Å². The number of hydrogen-bond donors (Lipinski definition) is 1. The Balaban J connectivity index is 1.36. The monoisotopic (exact) mass is 497 g/mol. The summed E-state index contributed by atoms with van der Waals surface area (Å²) in [6.07, 6.45) is 1.04. The number of rotatable bonds is 8. The first-order valence-electron chi connectivity index (χ1n) is 11.3. The van der Waals surface area contributed by atoms with Crippen LogP contribution in [0.25, 0.3) is 0 Å². The van der Waals surface area contributed by atoms with Crippen LogP contribution in [0.2, 0.25) is 0 Å². The molecule has 3 aromatic rings. The number of nitrogens with one attached hydrogen (secondary N) is 1. The van der Waals surface area contributed by atoms with Crippen molar-refractivity contribution in [3.05, 3.63) is 95.3 Å². The van der Waals surface area contributed by atoms with Crippen LogP contribution in [0.4, 0.5) is 15.8 Å². The highest BCUT2D eigenvalue weighted by Crippen LogP contribution is 2.24. The Bertz CT molecular complexity index is 1260. The van der Waals surface area contributed by atoms with Gasteiger partial charge in [0.2, 0.25) is 10.0 Å². The van der Waals surface area contributed by atoms with Crippen molar-refractivity contribution >= 4 is 27.3 Å². The normalized spacial score (nSPS) is 13.9. The molecule has 0 bridgehead atoms. The van der Waals surface area contributed by atoms with E-state index in [2.05, 4.69) is 10.2 Å². The molecule has 1 heterocycles. The van der Waals surface area contributed by atoms with Gasteiger partial charge in [0.1, 0.15) is 5.82 Å². The fourth-order valence-corrected chi connectivity index (χ4v) is 4.78. The van der Waals surface area contributed by atoms with E-state index in [4.69, 9.17) is 4.74 Å². The van der Waals surface area contributed by atoms with Crippen molar-refractivity contribution in [2.24, 2.45) is 0 Å². The number of carbonyl (C=O) groups excluding carboxylic acids is 1. The van der Waals surface area contributed by atoms with Crippen LogP contribution in [0.5, 0.6) is 0 Å². The van der Waals surface area contributed by atoms with Crippen LogP contribution < -0.4 is 14.5 Å². The third-order valence-corrected chi connectivity index (χ3v) is 6.96. The third-order valence-electron chi connectivity index (χ3n) is 5.83. The Hall–Kier alpha value is -3.43. The van der Waals surface area contributed by atoms with Gasteiger partial charge >= 0.3 is 0 Å². The first-order valence-corrected chi connectivity index (χ1v) is 13.2. The minimum atomic E-state index is -3.71. The molecule has 9 heteroatoms. The molecule has 0 aliphatic carbocycles. The summed E-state index contributed by atoms with van der Waals surface area (Å²) in [6.45, 7) is 3.54. The topological polar surface area (TPSA) is 79.0 Å². The largest absolute Gasteiger partial charge is 0.378 e. The number of anilines is 2. The van der Waals surface area contributed by atoms with Crippen molar-refractivity contribution < 1.29 is 22.3 Å². The predicted molar refractivity (Wildman–Crippen MR) is 135 cm³/mol. The fraction of sp³-hybridized carbons (Fsp3) is 0.269. The predicted octanol–water partition coefficient (Wildman–Crippen LogP) is 3.56. The lowest BCUT2D eigenvalue weighted by Crippen LogP contribution is -2.36. The molecule has 0 unspecified atom stereocenters. The Morgan fingerprint density at radius 3 is 2.23 bits per heavy atom. The van der Waals surface area contributed by atoms with Crippen LogP contribution in [0.15, 0.2) is 72.8 Å². The van der Waals surface area contributed by atoms with Crippen molar-refractivity contribution in [1.82, 2.24) is 5.32 Å². The Labute approximate surface area is 205 Å². The van der Waals surface area contributed by atoms with Gasteiger partial charge < -0.3 is 15.0 Å². The summed E-state index contributed by atoms with van der Waals surface area (Å²) >= 11 is 0. The fourth-order valence-electron chi connectivity index (χ4n) is 3.89. The lowest BCUT2D eigenvalue weighted by Gasteiger charge is -2.28. The molecule has 1 amide bonds. The number of halogens is 1. The van der Waals surface area contributed by atoms with Gasteiger partial charge in [-0.3, -0.25) is 9.10 Å². The summed E-state index contributed by atoms with van der Waals surface area (Å²) in [6, 6.07) is 20.4. The second-order valence-corrected chi connectivity index (χ2v) is 10.3. The van der Waals surface area contributed by atoms with Gasteiger partial charge in [0.15, 0.2) is 0 Å². The summed E-state index contributed by atoms with van der Waals surface area (Å²) in [5.41, 5.74) is 3.19. The zero-order chi connectivity index (χ0) is 24.8. The average Bonchev–Trinajstić information content (AvgIpc) is 2.87. The molecule has 1 N–H and O–H groups in total. The Morgan fingerprint density at radius 1 is 0.971 bits per heavy atom. The lowest BCUT2D eigenvalue weighted by molar-refractivity contribution is 0.0951. The van der Waals surface area contributed by atoms with Crippen LogP contribution in [-0.4, -0.2) is 46.9 Å². The van der Waals surface area contributed by atoms with E-state index in [1.807, 2.05) is 24.3 Å². The minimum absolute atomic E-state index is 0.0172. The van der Waals surface area contributed by atoms with Crippen LogP contribution in [0.1, 0.15) is 21.5 Å². The molecule has 1 saturated heterocycles. The van der Waals surface area contributed by atoms with Gasteiger partial charge in [-0.2, -0.15) is 0 Å². The van der Waals surface area contributed by atoms with Crippen molar-refractivity contribution in [3.8, 4) is 0 Å². The summed E-state index contributed by atoms with van der Waals surface area (Å²) < 4.78 is 45.2. The van der Waals surface area contributed by atoms with E-state index in [9.17, 15) is 17.6 Å². The summed E-state index contributed by atoms with van der Waals surface area (Å²) in [4.78, 5) is 14.9. The first kappa shape index (κ1) is 24.7. The lowest BCUT2D eigenvalue weighted by atomic mass is 10.1. The summed E-state index contributed by atoms with van der Waals surface area (Å²) in [5, 5.41) is 2.90. The molecule has 0 spiro atoms. The highest BCUT2D eigenvalue weighted by Gasteiger charge is 2.21. The number of benzene rings is 3. The number of para-hydroxylation sites is 1.